The third-order valence-corrected chi connectivity index (χ3v) is 3.78. The molecular formula is C15H17N3O4. The lowest BCUT2D eigenvalue weighted by atomic mass is 9.94. The van der Waals surface area contributed by atoms with Crippen LogP contribution in [0, 0.1) is 0 Å². The summed E-state index contributed by atoms with van der Waals surface area (Å²) in [5.41, 5.74) is -0.319. The molecule has 1 spiro atoms. The Kier molecular flexibility index (Phi) is 3.81. The number of aromatic hydroxyl groups is 1. The van der Waals surface area contributed by atoms with Crippen LogP contribution in [0.15, 0.2) is 30.5 Å². The highest BCUT2D eigenvalue weighted by Gasteiger charge is 2.45. The van der Waals surface area contributed by atoms with Crippen molar-refractivity contribution in [2.45, 2.75) is 12.0 Å². The van der Waals surface area contributed by atoms with Crippen LogP contribution in [0.3, 0.4) is 0 Å². The van der Waals surface area contributed by atoms with Gasteiger partial charge in [-0.3, -0.25) is 9.59 Å². The lowest BCUT2D eigenvalue weighted by Crippen LogP contribution is -2.62. The smallest absolute Gasteiger partial charge is 0.273 e. The molecule has 0 aromatic carbocycles. The Hall–Kier alpha value is -2.41. The maximum Gasteiger partial charge on any atom is 0.273 e. The van der Waals surface area contributed by atoms with E-state index in [4.69, 9.17) is 4.74 Å². The summed E-state index contributed by atoms with van der Waals surface area (Å²) in [6.07, 6.45) is 5.59. The van der Waals surface area contributed by atoms with Gasteiger partial charge in [0.15, 0.2) is 5.69 Å². The first-order valence-electron chi connectivity index (χ1n) is 7.11. The summed E-state index contributed by atoms with van der Waals surface area (Å²) >= 11 is 0. The number of hydrogen-bond donors (Lipinski definition) is 2. The minimum absolute atomic E-state index is 0.0277. The molecule has 0 unspecified atom stereocenters. The molecule has 1 fully saturated rings. The van der Waals surface area contributed by atoms with Crippen LogP contribution in [0.25, 0.3) is 0 Å². The molecule has 0 aliphatic carbocycles. The predicted molar refractivity (Wildman–Crippen MR) is 77.3 cm³/mol. The summed E-state index contributed by atoms with van der Waals surface area (Å²) in [5, 5.41) is 12.1. The van der Waals surface area contributed by atoms with Crippen molar-refractivity contribution in [3.8, 4) is 5.75 Å². The van der Waals surface area contributed by atoms with Crippen LogP contribution in [-0.2, 0) is 9.53 Å². The van der Waals surface area contributed by atoms with E-state index in [1.165, 1.54) is 18.3 Å². The zero-order valence-electron chi connectivity index (χ0n) is 12.0. The van der Waals surface area contributed by atoms with Crippen LogP contribution in [0.2, 0.25) is 0 Å². The molecule has 3 rings (SSSR count). The van der Waals surface area contributed by atoms with Crippen molar-refractivity contribution >= 4 is 11.8 Å². The predicted octanol–water partition coefficient (Wildman–Crippen LogP) is 0.0745. The second kappa shape index (κ2) is 5.76. The van der Waals surface area contributed by atoms with Gasteiger partial charge in [0.05, 0.1) is 19.7 Å². The first-order chi connectivity index (χ1) is 10.6. The van der Waals surface area contributed by atoms with E-state index in [0.29, 0.717) is 19.7 Å². The standard InChI is InChI=1S/C15H17N3O4/c19-11-3-1-6-16-13(11)14(21)17-7-4-12(20)18-9-15(10-18)5-2-8-22-15/h1-3,5-6,19H,4,7-10H2,(H,17,21). The number of carbonyl (C=O) groups excluding carboxylic acids is 2. The van der Waals surface area contributed by atoms with Crippen molar-refractivity contribution in [1.82, 2.24) is 15.2 Å². The van der Waals surface area contributed by atoms with E-state index in [-0.39, 0.29) is 35.9 Å². The Morgan fingerprint density at radius 3 is 2.95 bits per heavy atom. The number of pyridine rings is 1. The maximum absolute atomic E-state index is 12.0. The van der Waals surface area contributed by atoms with Gasteiger partial charge in [-0.1, -0.05) is 12.2 Å². The highest BCUT2D eigenvalue weighted by atomic mass is 16.5. The molecule has 0 atom stereocenters. The monoisotopic (exact) mass is 303 g/mol. The molecular weight excluding hydrogens is 286 g/mol. The quantitative estimate of drug-likeness (QED) is 0.768. The molecule has 22 heavy (non-hydrogen) atoms. The molecule has 0 saturated carbocycles. The minimum atomic E-state index is -0.493. The lowest BCUT2D eigenvalue weighted by molar-refractivity contribution is -0.152. The molecule has 7 nitrogen and oxygen atoms in total. The largest absolute Gasteiger partial charge is 0.505 e. The zero-order chi connectivity index (χ0) is 15.6. The Morgan fingerprint density at radius 1 is 1.45 bits per heavy atom. The second-order valence-corrected chi connectivity index (χ2v) is 5.40. The summed E-state index contributed by atoms with van der Waals surface area (Å²) in [4.78, 5) is 29.3. The minimum Gasteiger partial charge on any atom is -0.505 e. The molecule has 2 aliphatic rings. The summed E-state index contributed by atoms with van der Waals surface area (Å²) in [6.45, 7) is 1.94. The van der Waals surface area contributed by atoms with E-state index < -0.39 is 5.91 Å². The van der Waals surface area contributed by atoms with Crippen molar-refractivity contribution in [2.24, 2.45) is 0 Å². The number of rotatable bonds is 4. The molecule has 0 radical (unpaired) electrons. The van der Waals surface area contributed by atoms with Gasteiger partial charge < -0.3 is 20.1 Å². The third kappa shape index (κ3) is 2.80. The van der Waals surface area contributed by atoms with E-state index in [1.54, 1.807) is 4.90 Å². The van der Waals surface area contributed by atoms with Crippen molar-refractivity contribution in [3.05, 3.63) is 36.2 Å². The Morgan fingerprint density at radius 2 is 2.27 bits per heavy atom. The van der Waals surface area contributed by atoms with Gasteiger partial charge in [0.25, 0.3) is 5.91 Å². The van der Waals surface area contributed by atoms with E-state index in [2.05, 4.69) is 10.3 Å². The van der Waals surface area contributed by atoms with Gasteiger partial charge >= 0.3 is 0 Å². The first-order valence-corrected chi connectivity index (χ1v) is 7.11. The van der Waals surface area contributed by atoms with Crippen molar-refractivity contribution in [1.29, 1.82) is 0 Å². The van der Waals surface area contributed by atoms with Crippen LogP contribution in [0.4, 0.5) is 0 Å². The van der Waals surface area contributed by atoms with Crippen LogP contribution >= 0.6 is 0 Å². The Labute approximate surface area is 127 Å². The van der Waals surface area contributed by atoms with E-state index in [0.717, 1.165) is 0 Å². The van der Waals surface area contributed by atoms with E-state index in [1.807, 2.05) is 12.2 Å². The highest BCUT2D eigenvalue weighted by Crippen LogP contribution is 2.30. The van der Waals surface area contributed by atoms with Crippen LogP contribution < -0.4 is 5.32 Å². The van der Waals surface area contributed by atoms with E-state index >= 15 is 0 Å². The first kappa shape index (κ1) is 14.5. The SMILES string of the molecule is O=C(NCCC(=O)N1CC2(C=CCO2)C1)c1ncccc1O. The molecule has 2 N–H and O–H groups in total. The van der Waals surface area contributed by atoms with Gasteiger partial charge in [0.1, 0.15) is 11.4 Å². The molecule has 2 aliphatic heterocycles. The van der Waals surface area contributed by atoms with Crippen molar-refractivity contribution in [2.75, 3.05) is 26.2 Å². The van der Waals surface area contributed by atoms with Crippen LogP contribution in [0.1, 0.15) is 16.9 Å². The molecule has 3 heterocycles. The average Bonchev–Trinajstić information content (AvgIpc) is 2.95. The van der Waals surface area contributed by atoms with Gasteiger partial charge in [-0.2, -0.15) is 0 Å². The molecule has 0 bridgehead atoms. The molecule has 2 amide bonds. The second-order valence-electron chi connectivity index (χ2n) is 5.40. The van der Waals surface area contributed by atoms with Gasteiger partial charge in [-0.15, -0.1) is 0 Å². The third-order valence-electron chi connectivity index (χ3n) is 3.78. The number of amides is 2. The fourth-order valence-corrected chi connectivity index (χ4v) is 2.59. The molecule has 1 aromatic rings. The van der Waals surface area contributed by atoms with Gasteiger partial charge in [-0.05, 0) is 12.1 Å². The number of nitrogens with zero attached hydrogens (tertiary/aromatic N) is 2. The maximum atomic E-state index is 12.0. The van der Waals surface area contributed by atoms with Crippen LogP contribution in [-0.4, -0.2) is 58.6 Å². The Bertz CT molecular complexity index is 623. The van der Waals surface area contributed by atoms with Gasteiger partial charge in [-0.25, -0.2) is 4.98 Å². The Balaban J connectivity index is 1.42. The zero-order valence-corrected chi connectivity index (χ0v) is 12.0. The summed E-state index contributed by atoms with van der Waals surface area (Å²) in [6, 6.07) is 2.93. The number of carbonyl (C=O) groups is 2. The molecule has 1 aromatic heterocycles. The van der Waals surface area contributed by atoms with Gasteiger partial charge in [0, 0.05) is 19.2 Å². The van der Waals surface area contributed by atoms with E-state index in [9.17, 15) is 14.7 Å². The summed E-state index contributed by atoms with van der Waals surface area (Å²) in [5.74, 6) is -0.700. The number of aromatic nitrogens is 1. The average molecular weight is 303 g/mol. The van der Waals surface area contributed by atoms with Crippen LogP contribution in [0.5, 0.6) is 5.75 Å². The number of nitrogens with one attached hydrogen (secondary N) is 1. The lowest BCUT2D eigenvalue weighted by Gasteiger charge is -2.46. The van der Waals surface area contributed by atoms with Crippen molar-refractivity contribution in [3.63, 3.8) is 0 Å². The fraction of sp³-hybridized carbons (Fsp3) is 0.400. The highest BCUT2D eigenvalue weighted by molar-refractivity contribution is 5.94. The molecule has 116 valence electrons. The number of likely N-dealkylation sites (tertiary alicyclic amines) is 1. The van der Waals surface area contributed by atoms with Crippen molar-refractivity contribution < 1.29 is 19.4 Å². The topological polar surface area (TPSA) is 91.8 Å². The molecule has 7 heteroatoms. The van der Waals surface area contributed by atoms with Gasteiger partial charge in [0.2, 0.25) is 5.91 Å². The number of hydrogen-bond acceptors (Lipinski definition) is 5. The fourth-order valence-electron chi connectivity index (χ4n) is 2.59. The number of ether oxygens (including phenoxy) is 1. The molecule has 1 saturated heterocycles. The summed E-state index contributed by atoms with van der Waals surface area (Å²) in [7, 11) is 0. The normalized spacial score (nSPS) is 18.3. The summed E-state index contributed by atoms with van der Waals surface area (Å²) < 4.78 is 5.56.